The molecule has 1 saturated heterocycles. The van der Waals surface area contributed by atoms with Crippen molar-refractivity contribution < 1.29 is 19.4 Å². The lowest BCUT2D eigenvalue weighted by molar-refractivity contribution is -0.156. The molecule has 0 aliphatic carbocycles. The van der Waals surface area contributed by atoms with Gasteiger partial charge in [-0.05, 0) is 24.0 Å². The van der Waals surface area contributed by atoms with E-state index in [1.807, 2.05) is 24.3 Å². The highest BCUT2D eigenvalue weighted by molar-refractivity contribution is 5.87. The molecule has 20 heavy (non-hydrogen) atoms. The van der Waals surface area contributed by atoms with Gasteiger partial charge in [0.1, 0.15) is 12.1 Å². The molecule has 0 radical (unpaired) electrons. The minimum absolute atomic E-state index is 0.190. The molecule has 0 aromatic heterocycles. The molecule has 2 aliphatic rings. The standard InChI is InChI=1S/C15H17NO4/c17-14(13-6-3-7-20-13)16-9-11-5-2-1-4-10(11)8-12(16)15(18)19/h1-2,4-5,12-13H,3,6-9H2,(H,18,19)/t12-,13+/m1/s1. The first-order chi connectivity index (χ1) is 9.66. The number of carboxylic acid groups (broad SMARTS) is 1. The number of ether oxygens (including phenoxy) is 1. The highest BCUT2D eigenvalue weighted by atomic mass is 16.5. The van der Waals surface area contributed by atoms with Gasteiger partial charge >= 0.3 is 5.97 Å². The lowest BCUT2D eigenvalue weighted by Gasteiger charge is -2.35. The summed E-state index contributed by atoms with van der Waals surface area (Å²) in [5.41, 5.74) is 2.03. The van der Waals surface area contributed by atoms with Gasteiger partial charge in [-0.1, -0.05) is 24.3 Å². The SMILES string of the molecule is O=C(O)[C@H]1Cc2ccccc2CN1C(=O)[C@@H]1CCCO1. The van der Waals surface area contributed by atoms with Crippen molar-refractivity contribution in [2.24, 2.45) is 0 Å². The van der Waals surface area contributed by atoms with Gasteiger partial charge in [0.15, 0.2) is 0 Å². The topological polar surface area (TPSA) is 66.8 Å². The van der Waals surface area contributed by atoms with Crippen LogP contribution in [0.3, 0.4) is 0 Å². The number of amides is 1. The van der Waals surface area contributed by atoms with Gasteiger partial charge in [-0.3, -0.25) is 4.79 Å². The first-order valence-corrected chi connectivity index (χ1v) is 6.88. The van der Waals surface area contributed by atoms with Crippen LogP contribution in [0, 0.1) is 0 Å². The van der Waals surface area contributed by atoms with Gasteiger partial charge in [0.05, 0.1) is 0 Å². The van der Waals surface area contributed by atoms with Gasteiger partial charge in [0.2, 0.25) is 0 Å². The predicted octanol–water partition coefficient (Wildman–Crippen LogP) is 1.20. The normalized spacial score (nSPS) is 25.3. The smallest absolute Gasteiger partial charge is 0.326 e. The van der Waals surface area contributed by atoms with Crippen LogP contribution in [-0.4, -0.2) is 40.6 Å². The van der Waals surface area contributed by atoms with Crippen LogP contribution in [0.4, 0.5) is 0 Å². The second-order valence-electron chi connectivity index (χ2n) is 5.29. The Bertz CT molecular complexity index is 536. The van der Waals surface area contributed by atoms with Crippen molar-refractivity contribution in [1.29, 1.82) is 0 Å². The molecule has 106 valence electrons. The fourth-order valence-electron chi connectivity index (χ4n) is 2.93. The van der Waals surface area contributed by atoms with E-state index in [0.717, 1.165) is 17.5 Å². The van der Waals surface area contributed by atoms with Crippen molar-refractivity contribution in [3.05, 3.63) is 35.4 Å². The number of hydrogen-bond acceptors (Lipinski definition) is 3. The number of carbonyl (C=O) groups is 2. The number of carbonyl (C=O) groups excluding carboxylic acids is 1. The lowest BCUT2D eigenvalue weighted by atomic mass is 9.93. The zero-order valence-corrected chi connectivity index (χ0v) is 11.1. The van der Waals surface area contributed by atoms with Crippen molar-refractivity contribution in [1.82, 2.24) is 4.90 Å². The van der Waals surface area contributed by atoms with Gasteiger partial charge in [-0.15, -0.1) is 0 Å². The average Bonchev–Trinajstić information content (AvgIpc) is 2.99. The third-order valence-electron chi connectivity index (χ3n) is 4.02. The van der Waals surface area contributed by atoms with E-state index in [4.69, 9.17) is 4.74 Å². The summed E-state index contributed by atoms with van der Waals surface area (Å²) in [6.45, 7) is 0.935. The molecular weight excluding hydrogens is 258 g/mol. The fourth-order valence-corrected chi connectivity index (χ4v) is 2.93. The molecule has 5 heteroatoms. The monoisotopic (exact) mass is 275 g/mol. The fraction of sp³-hybridized carbons (Fsp3) is 0.467. The van der Waals surface area contributed by atoms with Crippen molar-refractivity contribution >= 4 is 11.9 Å². The van der Waals surface area contributed by atoms with Crippen LogP contribution in [0.1, 0.15) is 24.0 Å². The van der Waals surface area contributed by atoms with Crippen molar-refractivity contribution in [3.8, 4) is 0 Å². The molecule has 1 fully saturated rings. The largest absolute Gasteiger partial charge is 0.480 e. The van der Waals surface area contributed by atoms with Crippen LogP contribution in [-0.2, 0) is 27.3 Å². The van der Waals surface area contributed by atoms with Crippen LogP contribution in [0.2, 0.25) is 0 Å². The van der Waals surface area contributed by atoms with Gasteiger partial charge in [-0.25, -0.2) is 4.79 Å². The Balaban J connectivity index is 1.88. The molecule has 1 N–H and O–H groups in total. The minimum Gasteiger partial charge on any atom is -0.480 e. The third-order valence-corrected chi connectivity index (χ3v) is 4.02. The van der Waals surface area contributed by atoms with E-state index in [2.05, 4.69) is 0 Å². The summed E-state index contributed by atoms with van der Waals surface area (Å²) in [7, 11) is 0. The number of benzene rings is 1. The molecule has 2 atom stereocenters. The highest BCUT2D eigenvalue weighted by Crippen LogP contribution is 2.26. The number of aliphatic carboxylic acids is 1. The van der Waals surface area contributed by atoms with Crippen LogP contribution in [0.25, 0.3) is 0 Å². The van der Waals surface area contributed by atoms with Gasteiger partial charge in [-0.2, -0.15) is 0 Å². The Kier molecular flexibility index (Phi) is 3.44. The van der Waals surface area contributed by atoms with E-state index in [-0.39, 0.29) is 5.91 Å². The van der Waals surface area contributed by atoms with E-state index >= 15 is 0 Å². The Hall–Kier alpha value is -1.88. The number of fused-ring (bicyclic) bond motifs is 1. The second-order valence-corrected chi connectivity index (χ2v) is 5.29. The Labute approximate surface area is 117 Å². The molecule has 0 unspecified atom stereocenters. The van der Waals surface area contributed by atoms with Crippen LogP contribution >= 0.6 is 0 Å². The summed E-state index contributed by atoms with van der Waals surface area (Å²) >= 11 is 0. The van der Waals surface area contributed by atoms with Crippen molar-refractivity contribution in [2.75, 3.05) is 6.61 Å². The second kappa shape index (κ2) is 5.25. The number of hydrogen-bond donors (Lipinski definition) is 1. The maximum atomic E-state index is 12.5. The summed E-state index contributed by atoms with van der Waals surface area (Å²) < 4.78 is 5.40. The molecule has 0 saturated carbocycles. The zero-order chi connectivity index (χ0) is 14.1. The summed E-state index contributed by atoms with van der Waals surface area (Å²) in [6.07, 6.45) is 1.44. The zero-order valence-electron chi connectivity index (χ0n) is 11.1. The number of nitrogens with zero attached hydrogens (tertiary/aromatic N) is 1. The molecule has 5 nitrogen and oxygen atoms in total. The van der Waals surface area contributed by atoms with Crippen LogP contribution in [0.5, 0.6) is 0 Å². The Morgan fingerprint density at radius 3 is 2.65 bits per heavy atom. The molecule has 1 aromatic carbocycles. The van der Waals surface area contributed by atoms with Gasteiger partial charge in [0.25, 0.3) is 5.91 Å². The van der Waals surface area contributed by atoms with Crippen molar-refractivity contribution in [2.45, 2.75) is 38.0 Å². The van der Waals surface area contributed by atoms with E-state index in [1.165, 1.54) is 4.90 Å². The first kappa shape index (κ1) is 13.1. The van der Waals surface area contributed by atoms with Crippen molar-refractivity contribution in [3.63, 3.8) is 0 Å². The van der Waals surface area contributed by atoms with Gasteiger partial charge < -0.3 is 14.7 Å². The molecule has 1 aromatic rings. The summed E-state index contributed by atoms with van der Waals surface area (Å²) in [5.74, 6) is -1.14. The summed E-state index contributed by atoms with van der Waals surface area (Å²) in [6, 6.07) is 6.90. The number of rotatable bonds is 2. The third kappa shape index (κ3) is 2.29. The lowest BCUT2D eigenvalue weighted by Crippen LogP contribution is -2.51. The predicted molar refractivity (Wildman–Crippen MR) is 71.1 cm³/mol. The molecule has 0 bridgehead atoms. The van der Waals surface area contributed by atoms with Crippen LogP contribution < -0.4 is 0 Å². The molecular formula is C15H17NO4. The molecule has 1 amide bonds. The maximum absolute atomic E-state index is 12.5. The quantitative estimate of drug-likeness (QED) is 0.880. The maximum Gasteiger partial charge on any atom is 0.326 e. The number of carboxylic acids is 1. The first-order valence-electron chi connectivity index (χ1n) is 6.88. The van der Waals surface area contributed by atoms with E-state index in [0.29, 0.717) is 26.0 Å². The molecule has 0 spiro atoms. The Morgan fingerprint density at radius 1 is 1.25 bits per heavy atom. The van der Waals surface area contributed by atoms with E-state index in [1.54, 1.807) is 0 Å². The van der Waals surface area contributed by atoms with E-state index < -0.39 is 18.1 Å². The summed E-state index contributed by atoms with van der Waals surface area (Å²) in [5, 5.41) is 9.39. The summed E-state index contributed by atoms with van der Waals surface area (Å²) in [4.78, 5) is 25.4. The molecule has 2 aliphatic heterocycles. The Morgan fingerprint density at radius 2 is 2.00 bits per heavy atom. The molecule has 2 heterocycles. The molecule has 3 rings (SSSR count). The average molecular weight is 275 g/mol. The van der Waals surface area contributed by atoms with E-state index in [9.17, 15) is 14.7 Å². The van der Waals surface area contributed by atoms with Gasteiger partial charge in [0, 0.05) is 19.6 Å². The minimum atomic E-state index is -0.953. The highest BCUT2D eigenvalue weighted by Gasteiger charge is 2.38. The van der Waals surface area contributed by atoms with Crippen LogP contribution in [0.15, 0.2) is 24.3 Å².